The van der Waals surface area contributed by atoms with Crippen LogP contribution in [0.25, 0.3) is 4.72 Å². The molecule has 0 saturated heterocycles. The molecule has 0 unspecified atom stereocenters. The van der Waals surface area contributed by atoms with Gasteiger partial charge in [0.25, 0.3) is 0 Å². The fourth-order valence-electron chi connectivity index (χ4n) is 0.129. The quantitative estimate of drug-likeness (QED) is 0.530. The van der Waals surface area contributed by atoms with Crippen LogP contribution < -0.4 is 0 Å². The van der Waals surface area contributed by atoms with Crippen LogP contribution >= 0.6 is 0 Å². The highest BCUT2D eigenvalue weighted by atomic mass is 32.2. The summed E-state index contributed by atoms with van der Waals surface area (Å²) in [5.74, 6) is 0.101. The first-order valence-electron chi connectivity index (χ1n) is 1.96. The molecular weight excluding hydrogens is 114 g/mol. The van der Waals surface area contributed by atoms with Crippen LogP contribution in [0.5, 0.6) is 0 Å². The predicted octanol–water partition coefficient (Wildman–Crippen LogP) is 0.340. The van der Waals surface area contributed by atoms with Crippen LogP contribution in [0, 0.1) is 0 Å². The van der Waals surface area contributed by atoms with E-state index in [0.29, 0.717) is 0 Å². The molecule has 0 atom stereocenters. The molecule has 0 rings (SSSR count). The molecule has 0 amide bonds. The average molecular weight is 122 g/mol. The molecular formula is C3H8NO2S-. The molecule has 0 aliphatic heterocycles. The first-order chi connectivity index (χ1) is 3.12. The maximum Gasteiger partial charge on any atom is 0.0717 e. The van der Waals surface area contributed by atoms with E-state index < -0.39 is 10.0 Å². The van der Waals surface area contributed by atoms with Gasteiger partial charge in [-0.25, -0.2) is 8.42 Å². The highest BCUT2D eigenvalue weighted by Gasteiger charge is 1.85. The van der Waals surface area contributed by atoms with Crippen LogP contribution in [0.3, 0.4) is 0 Å². The highest BCUT2D eigenvalue weighted by molar-refractivity contribution is 7.93. The van der Waals surface area contributed by atoms with Gasteiger partial charge in [-0.1, -0.05) is 6.92 Å². The number of nitrogens with zero attached hydrogens (tertiary/aromatic N) is 1. The van der Waals surface area contributed by atoms with E-state index in [0.717, 1.165) is 0 Å². The summed E-state index contributed by atoms with van der Waals surface area (Å²) in [6.07, 6.45) is 0. The Morgan fingerprint density at radius 1 is 1.57 bits per heavy atom. The van der Waals surface area contributed by atoms with Crippen molar-refractivity contribution in [1.82, 2.24) is 0 Å². The van der Waals surface area contributed by atoms with Crippen molar-refractivity contribution in [3.05, 3.63) is 4.72 Å². The van der Waals surface area contributed by atoms with Crippen molar-refractivity contribution in [2.45, 2.75) is 6.92 Å². The lowest BCUT2D eigenvalue weighted by molar-refractivity contribution is 0.604. The molecule has 0 fully saturated rings. The molecule has 0 aromatic carbocycles. The summed E-state index contributed by atoms with van der Waals surface area (Å²) in [5, 5.41) is 0. The van der Waals surface area contributed by atoms with E-state index in [9.17, 15) is 8.42 Å². The zero-order valence-electron chi connectivity index (χ0n) is 4.38. The van der Waals surface area contributed by atoms with E-state index in [1.54, 1.807) is 6.92 Å². The van der Waals surface area contributed by atoms with Crippen molar-refractivity contribution in [2.24, 2.45) is 0 Å². The first kappa shape index (κ1) is 6.91. The Bertz CT molecular complexity index is 116. The van der Waals surface area contributed by atoms with Crippen molar-refractivity contribution in [3.8, 4) is 0 Å². The minimum Gasteiger partial charge on any atom is -0.552 e. The Labute approximate surface area is 43.8 Å². The highest BCUT2D eigenvalue weighted by Crippen LogP contribution is 1.93. The van der Waals surface area contributed by atoms with Crippen molar-refractivity contribution in [1.29, 1.82) is 0 Å². The fraction of sp³-hybridized carbons (Fsp3) is 1.00. The van der Waals surface area contributed by atoms with Crippen LogP contribution in [0.4, 0.5) is 0 Å². The molecule has 0 saturated carbocycles. The Kier molecular flexibility index (Phi) is 2.25. The van der Waals surface area contributed by atoms with Gasteiger partial charge < -0.3 is 4.72 Å². The SMILES string of the molecule is CCS(=O)(=O)[N-]C. The van der Waals surface area contributed by atoms with Crippen LogP contribution in [-0.4, -0.2) is 21.2 Å². The topological polar surface area (TPSA) is 48.2 Å². The molecule has 4 heteroatoms. The standard InChI is InChI=1S/C3H8NO2S/c1-3-7(5,6)4-2/h3H2,1-2H3/q-1. The van der Waals surface area contributed by atoms with Gasteiger partial charge in [0.2, 0.25) is 0 Å². The van der Waals surface area contributed by atoms with Crippen molar-refractivity contribution >= 4 is 10.0 Å². The summed E-state index contributed by atoms with van der Waals surface area (Å²) in [6.45, 7) is 1.56. The molecule has 0 aromatic rings. The summed E-state index contributed by atoms with van der Waals surface area (Å²) < 4.78 is 23.5. The van der Waals surface area contributed by atoms with Crippen LogP contribution in [0.15, 0.2) is 0 Å². The van der Waals surface area contributed by atoms with E-state index in [2.05, 4.69) is 4.72 Å². The summed E-state index contributed by atoms with van der Waals surface area (Å²) in [5.41, 5.74) is 0. The summed E-state index contributed by atoms with van der Waals surface area (Å²) in [6, 6.07) is 0. The Morgan fingerprint density at radius 3 is 2.00 bits per heavy atom. The second-order valence-corrected chi connectivity index (χ2v) is 3.16. The van der Waals surface area contributed by atoms with Crippen molar-refractivity contribution in [3.63, 3.8) is 0 Å². The number of sulfonamides is 1. The van der Waals surface area contributed by atoms with E-state index in [1.807, 2.05) is 0 Å². The molecule has 44 valence electrons. The average Bonchev–Trinajstić information content (AvgIpc) is 1.68. The maximum atomic E-state index is 10.2. The van der Waals surface area contributed by atoms with E-state index in [1.165, 1.54) is 7.05 Å². The zero-order valence-corrected chi connectivity index (χ0v) is 5.20. The minimum absolute atomic E-state index is 0.101. The van der Waals surface area contributed by atoms with E-state index >= 15 is 0 Å². The van der Waals surface area contributed by atoms with Gasteiger partial charge >= 0.3 is 0 Å². The van der Waals surface area contributed by atoms with Gasteiger partial charge in [-0.2, -0.15) is 7.05 Å². The van der Waals surface area contributed by atoms with Gasteiger partial charge in [-0.3, -0.25) is 0 Å². The minimum atomic E-state index is -3.03. The lowest BCUT2D eigenvalue weighted by Crippen LogP contribution is -1.97. The van der Waals surface area contributed by atoms with Crippen LogP contribution in [0.2, 0.25) is 0 Å². The van der Waals surface area contributed by atoms with Gasteiger partial charge in [0.1, 0.15) is 0 Å². The molecule has 0 bridgehead atoms. The molecule has 0 aliphatic carbocycles. The number of rotatable bonds is 2. The monoisotopic (exact) mass is 122 g/mol. The summed E-state index contributed by atoms with van der Waals surface area (Å²) in [7, 11) is -1.76. The molecule has 0 spiro atoms. The van der Waals surface area contributed by atoms with Crippen LogP contribution in [0.1, 0.15) is 6.92 Å². The lowest BCUT2D eigenvalue weighted by Gasteiger charge is -2.08. The lowest BCUT2D eigenvalue weighted by atomic mass is 11.0. The van der Waals surface area contributed by atoms with E-state index in [4.69, 9.17) is 0 Å². The smallest absolute Gasteiger partial charge is 0.0717 e. The molecule has 0 heterocycles. The Balaban J connectivity index is 3.89. The molecule has 0 aromatic heterocycles. The van der Waals surface area contributed by atoms with Crippen LogP contribution in [-0.2, 0) is 10.0 Å². The molecule has 0 N–H and O–H groups in total. The Morgan fingerprint density at radius 2 is 2.00 bits per heavy atom. The van der Waals surface area contributed by atoms with Crippen molar-refractivity contribution < 1.29 is 8.42 Å². The molecule has 7 heavy (non-hydrogen) atoms. The third kappa shape index (κ3) is 2.59. The van der Waals surface area contributed by atoms with Gasteiger partial charge in [-0.05, 0) is 0 Å². The van der Waals surface area contributed by atoms with Gasteiger partial charge in [-0.15, -0.1) is 0 Å². The molecule has 0 aliphatic rings. The molecule has 0 radical (unpaired) electrons. The van der Waals surface area contributed by atoms with E-state index in [-0.39, 0.29) is 5.75 Å². The third-order valence-electron chi connectivity index (χ3n) is 0.643. The molecule has 3 nitrogen and oxygen atoms in total. The largest absolute Gasteiger partial charge is 0.552 e. The maximum absolute atomic E-state index is 10.2. The normalized spacial score (nSPS) is 11.7. The number of hydrogen-bond acceptors (Lipinski definition) is 2. The van der Waals surface area contributed by atoms with Gasteiger partial charge in [0.15, 0.2) is 0 Å². The van der Waals surface area contributed by atoms with Crippen molar-refractivity contribution in [2.75, 3.05) is 12.8 Å². The Hall–Kier alpha value is -0.0900. The summed E-state index contributed by atoms with van der Waals surface area (Å²) in [4.78, 5) is 0. The fourth-order valence-corrected chi connectivity index (χ4v) is 0.387. The zero-order chi connectivity index (χ0) is 5.91. The number of hydrogen-bond donors (Lipinski definition) is 0. The third-order valence-corrected chi connectivity index (χ3v) is 1.93. The summed E-state index contributed by atoms with van der Waals surface area (Å²) >= 11 is 0. The second-order valence-electron chi connectivity index (χ2n) is 1.05. The second kappa shape index (κ2) is 2.28. The predicted molar refractivity (Wildman–Crippen MR) is 28.7 cm³/mol. The first-order valence-corrected chi connectivity index (χ1v) is 3.57. The van der Waals surface area contributed by atoms with Gasteiger partial charge in [0, 0.05) is 5.75 Å². The van der Waals surface area contributed by atoms with Gasteiger partial charge in [0.05, 0.1) is 10.0 Å².